The van der Waals surface area contributed by atoms with E-state index in [4.69, 9.17) is 9.47 Å². The van der Waals surface area contributed by atoms with Crippen molar-refractivity contribution in [1.82, 2.24) is 20.1 Å². The van der Waals surface area contributed by atoms with Crippen LogP contribution in [0.5, 0.6) is 5.75 Å². The number of hydrogen-bond donors (Lipinski definition) is 1. The van der Waals surface area contributed by atoms with E-state index in [0.717, 1.165) is 28.8 Å². The van der Waals surface area contributed by atoms with Crippen molar-refractivity contribution in [3.8, 4) is 17.1 Å². The van der Waals surface area contributed by atoms with Crippen molar-refractivity contribution in [3.05, 3.63) is 24.3 Å². The molecule has 2 rings (SSSR count). The second kappa shape index (κ2) is 9.29. The molecule has 8 heteroatoms. The lowest BCUT2D eigenvalue weighted by Crippen LogP contribution is -2.28. The predicted octanol–water partition coefficient (Wildman–Crippen LogP) is 1.83. The number of carbonyl (C=O) groups excluding carboxylic acids is 1. The van der Waals surface area contributed by atoms with Crippen molar-refractivity contribution in [2.24, 2.45) is 0 Å². The number of aromatic nitrogens is 3. The first kappa shape index (κ1) is 18.3. The number of hydrogen-bond acceptors (Lipinski definition) is 6. The molecule has 0 aliphatic carbocycles. The van der Waals surface area contributed by atoms with Crippen molar-refractivity contribution < 1.29 is 14.3 Å². The van der Waals surface area contributed by atoms with Crippen LogP contribution in [0.4, 0.5) is 0 Å². The van der Waals surface area contributed by atoms with Gasteiger partial charge in [0.2, 0.25) is 5.91 Å². The minimum absolute atomic E-state index is 0.0475. The summed E-state index contributed by atoms with van der Waals surface area (Å²) in [6.07, 6.45) is 0. The van der Waals surface area contributed by atoms with Gasteiger partial charge in [0.15, 0.2) is 11.0 Å². The molecule has 7 nitrogen and oxygen atoms in total. The monoisotopic (exact) mass is 350 g/mol. The number of nitrogens with one attached hydrogen (secondary N) is 1. The van der Waals surface area contributed by atoms with Gasteiger partial charge in [0.05, 0.1) is 19.5 Å². The molecule has 2 aromatic rings. The first-order chi connectivity index (χ1) is 11.7. The number of benzene rings is 1. The second-order valence-corrected chi connectivity index (χ2v) is 5.85. The van der Waals surface area contributed by atoms with Crippen LogP contribution in [0.2, 0.25) is 0 Å². The number of amides is 1. The Morgan fingerprint density at radius 2 is 2.00 bits per heavy atom. The Balaban J connectivity index is 2.04. The van der Waals surface area contributed by atoms with Gasteiger partial charge in [0, 0.05) is 25.8 Å². The number of ether oxygens (including phenoxy) is 2. The van der Waals surface area contributed by atoms with E-state index in [0.29, 0.717) is 18.9 Å². The molecule has 1 amide bonds. The van der Waals surface area contributed by atoms with E-state index in [1.165, 1.54) is 11.8 Å². The number of thioether (sulfide) groups is 1. The maximum Gasteiger partial charge on any atom is 0.230 e. The highest BCUT2D eigenvalue weighted by Gasteiger charge is 2.14. The van der Waals surface area contributed by atoms with Gasteiger partial charge in [-0.2, -0.15) is 0 Å². The molecule has 0 saturated carbocycles. The van der Waals surface area contributed by atoms with Crippen LogP contribution in [0.1, 0.15) is 6.92 Å². The molecule has 0 aliphatic heterocycles. The molecular weight excluding hydrogens is 328 g/mol. The molecule has 1 heterocycles. The van der Waals surface area contributed by atoms with Crippen LogP contribution in [-0.2, 0) is 16.1 Å². The highest BCUT2D eigenvalue weighted by Crippen LogP contribution is 2.25. The first-order valence-corrected chi connectivity index (χ1v) is 8.64. The highest BCUT2D eigenvalue weighted by atomic mass is 32.2. The minimum atomic E-state index is -0.0475. The molecule has 0 unspecified atom stereocenters. The average Bonchev–Trinajstić information content (AvgIpc) is 3.03. The lowest BCUT2D eigenvalue weighted by Gasteiger charge is -2.08. The smallest absolute Gasteiger partial charge is 0.230 e. The van der Waals surface area contributed by atoms with E-state index in [9.17, 15) is 4.79 Å². The summed E-state index contributed by atoms with van der Waals surface area (Å²) < 4.78 is 12.1. The maximum absolute atomic E-state index is 11.8. The topological polar surface area (TPSA) is 78.3 Å². The predicted molar refractivity (Wildman–Crippen MR) is 93.3 cm³/mol. The summed E-state index contributed by atoms with van der Waals surface area (Å²) >= 11 is 1.37. The molecule has 1 aromatic heterocycles. The van der Waals surface area contributed by atoms with E-state index in [1.54, 1.807) is 14.2 Å². The summed E-state index contributed by atoms with van der Waals surface area (Å²) in [5.74, 6) is 1.82. The van der Waals surface area contributed by atoms with Crippen LogP contribution < -0.4 is 10.1 Å². The van der Waals surface area contributed by atoms with Crippen molar-refractivity contribution in [2.75, 3.05) is 33.1 Å². The fourth-order valence-corrected chi connectivity index (χ4v) is 2.94. The molecule has 0 aliphatic rings. The van der Waals surface area contributed by atoms with E-state index >= 15 is 0 Å². The van der Waals surface area contributed by atoms with Crippen LogP contribution in [-0.4, -0.2) is 53.8 Å². The number of rotatable bonds is 9. The number of carbonyl (C=O) groups is 1. The summed E-state index contributed by atoms with van der Waals surface area (Å²) in [7, 11) is 3.24. The molecule has 24 heavy (non-hydrogen) atoms. The Kier molecular flexibility index (Phi) is 7.07. The fourth-order valence-electron chi connectivity index (χ4n) is 2.11. The Hall–Kier alpha value is -2.06. The van der Waals surface area contributed by atoms with Gasteiger partial charge in [-0.1, -0.05) is 11.8 Å². The third-order valence-electron chi connectivity index (χ3n) is 3.34. The molecule has 0 saturated heterocycles. The van der Waals surface area contributed by atoms with Crippen molar-refractivity contribution in [2.45, 2.75) is 18.6 Å². The third kappa shape index (κ3) is 4.72. The van der Waals surface area contributed by atoms with Crippen LogP contribution in [0, 0.1) is 0 Å². The molecule has 0 radical (unpaired) electrons. The number of nitrogens with zero attached hydrogens (tertiary/aromatic N) is 3. The summed E-state index contributed by atoms with van der Waals surface area (Å²) in [5.41, 5.74) is 0.960. The van der Waals surface area contributed by atoms with Crippen LogP contribution in [0.3, 0.4) is 0 Å². The zero-order valence-corrected chi connectivity index (χ0v) is 14.9. The van der Waals surface area contributed by atoms with Crippen LogP contribution in [0.25, 0.3) is 11.4 Å². The highest BCUT2D eigenvalue weighted by molar-refractivity contribution is 7.99. The van der Waals surface area contributed by atoms with Gasteiger partial charge < -0.3 is 19.4 Å². The second-order valence-electron chi connectivity index (χ2n) is 4.91. The summed E-state index contributed by atoms with van der Waals surface area (Å²) in [6.45, 7) is 3.76. The molecule has 130 valence electrons. The quantitative estimate of drug-likeness (QED) is 0.549. The summed E-state index contributed by atoms with van der Waals surface area (Å²) in [5, 5.41) is 12.0. The lowest BCUT2D eigenvalue weighted by molar-refractivity contribution is -0.118. The summed E-state index contributed by atoms with van der Waals surface area (Å²) in [4.78, 5) is 11.8. The maximum atomic E-state index is 11.8. The Labute approximate surface area is 145 Å². The molecule has 0 spiro atoms. The zero-order valence-electron chi connectivity index (χ0n) is 14.1. The van der Waals surface area contributed by atoms with Gasteiger partial charge in [0.25, 0.3) is 0 Å². The van der Waals surface area contributed by atoms with Gasteiger partial charge in [0.1, 0.15) is 5.75 Å². The van der Waals surface area contributed by atoms with Crippen molar-refractivity contribution in [3.63, 3.8) is 0 Å². The SMILES string of the molecule is CCn1c(SCC(=O)NCCOC)nnc1-c1ccc(OC)cc1. The first-order valence-electron chi connectivity index (χ1n) is 7.65. The summed E-state index contributed by atoms with van der Waals surface area (Å²) in [6, 6.07) is 7.67. The molecule has 1 aromatic carbocycles. The standard InChI is InChI=1S/C16H22N4O3S/c1-4-20-15(12-5-7-13(23-3)8-6-12)18-19-16(20)24-11-14(21)17-9-10-22-2/h5-8H,4,9-11H2,1-3H3,(H,17,21). The zero-order chi connectivity index (χ0) is 17.4. The third-order valence-corrected chi connectivity index (χ3v) is 4.31. The Morgan fingerprint density at radius 1 is 1.25 bits per heavy atom. The largest absolute Gasteiger partial charge is 0.497 e. The molecule has 1 N–H and O–H groups in total. The Morgan fingerprint density at radius 3 is 2.62 bits per heavy atom. The fraction of sp³-hybridized carbons (Fsp3) is 0.438. The van der Waals surface area contributed by atoms with Crippen molar-refractivity contribution >= 4 is 17.7 Å². The molecule has 0 bridgehead atoms. The van der Waals surface area contributed by atoms with E-state index in [1.807, 2.05) is 35.8 Å². The van der Waals surface area contributed by atoms with Gasteiger partial charge in [-0.05, 0) is 31.2 Å². The molecule has 0 atom stereocenters. The van der Waals surface area contributed by atoms with Crippen LogP contribution >= 0.6 is 11.8 Å². The van der Waals surface area contributed by atoms with Crippen LogP contribution in [0.15, 0.2) is 29.4 Å². The Bertz CT molecular complexity index is 658. The van der Waals surface area contributed by atoms with Crippen molar-refractivity contribution in [1.29, 1.82) is 0 Å². The average molecular weight is 350 g/mol. The lowest BCUT2D eigenvalue weighted by atomic mass is 10.2. The molecular formula is C16H22N4O3S. The van der Waals surface area contributed by atoms with Gasteiger partial charge in [-0.25, -0.2) is 0 Å². The van der Waals surface area contributed by atoms with E-state index in [2.05, 4.69) is 15.5 Å². The normalized spacial score (nSPS) is 10.6. The van der Waals surface area contributed by atoms with Gasteiger partial charge in [-0.3, -0.25) is 4.79 Å². The van der Waals surface area contributed by atoms with Gasteiger partial charge in [-0.15, -0.1) is 10.2 Å². The molecule has 0 fully saturated rings. The number of methoxy groups -OCH3 is 2. The minimum Gasteiger partial charge on any atom is -0.497 e. The van der Waals surface area contributed by atoms with E-state index in [-0.39, 0.29) is 5.91 Å². The van der Waals surface area contributed by atoms with Gasteiger partial charge >= 0.3 is 0 Å². The van der Waals surface area contributed by atoms with E-state index < -0.39 is 0 Å².